The van der Waals surface area contributed by atoms with Crippen molar-refractivity contribution < 1.29 is 13.2 Å². The Morgan fingerprint density at radius 3 is 2.67 bits per heavy atom. The second kappa shape index (κ2) is 8.56. The highest BCUT2D eigenvalue weighted by Crippen LogP contribution is 2.33. The van der Waals surface area contributed by atoms with Gasteiger partial charge < -0.3 is 16.0 Å². The molecule has 27 heavy (non-hydrogen) atoms. The summed E-state index contributed by atoms with van der Waals surface area (Å²) in [6.07, 6.45) is 1.78. The number of halogens is 3. The molecular formula is C19H24F3N5. The van der Waals surface area contributed by atoms with Gasteiger partial charge in [0.25, 0.3) is 0 Å². The molecule has 0 aliphatic carbocycles. The van der Waals surface area contributed by atoms with E-state index in [4.69, 9.17) is 5.73 Å². The van der Waals surface area contributed by atoms with Crippen molar-refractivity contribution in [3.63, 3.8) is 0 Å². The molecule has 0 spiro atoms. The Morgan fingerprint density at radius 2 is 1.93 bits per heavy atom. The van der Waals surface area contributed by atoms with E-state index in [0.717, 1.165) is 38.2 Å². The molecule has 1 aromatic heterocycles. The quantitative estimate of drug-likeness (QED) is 0.742. The summed E-state index contributed by atoms with van der Waals surface area (Å²) in [5.74, 6) is 0.546. The summed E-state index contributed by atoms with van der Waals surface area (Å²) in [6, 6.07) is 5.15. The smallest absolute Gasteiger partial charge is 0.369 e. The lowest BCUT2D eigenvalue weighted by Gasteiger charge is -2.26. The van der Waals surface area contributed by atoms with E-state index in [9.17, 15) is 13.2 Å². The zero-order chi connectivity index (χ0) is 19.3. The SMILES string of the molecule is Nc1ncc(-c2cccc(C(F)(F)F)c2)c(NCCCN2CCCCC2)n1. The molecule has 8 heteroatoms. The molecule has 0 bridgehead atoms. The number of alkyl halides is 3. The molecule has 2 heterocycles. The minimum absolute atomic E-state index is 0.0873. The van der Waals surface area contributed by atoms with Crippen LogP contribution in [-0.2, 0) is 6.18 Å². The van der Waals surface area contributed by atoms with Crippen molar-refractivity contribution >= 4 is 11.8 Å². The molecule has 1 aromatic carbocycles. The van der Waals surface area contributed by atoms with E-state index in [1.807, 2.05) is 0 Å². The summed E-state index contributed by atoms with van der Waals surface area (Å²) in [5.41, 5.74) is 5.89. The number of piperidine rings is 1. The number of nitrogen functional groups attached to an aromatic ring is 1. The first-order valence-electron chi connectivity index (χ1n) is 9.20. The number of aromatic nitrogens is 2. The third kappa shape index (κ3) is 5.32. The number of nitrogens with two attached hydrogens (primary N) is 1. The second-order valence-corrected chi connectivity index (χ2v) is 6.75. The largest absolute Gasteiger partial charge is 0.416 e. The molecule has 3 rings (SSSR count). The lowest BCUT2D eigenvalue weighted by Crippen LogP contribution is -2.31. The van der Waals surface area contributed by atoms with Gasteiger partial charge in [-0.25, -0.2) is 4.98 Å². The molecule has 0 saturated carbocycles. The number of rotatable bonds is 6. The molecule has 5 nitrogen and oxygen atoms in total. The van der Waals surface area contributed by atoms with Crippen LogP contribution in [0.2, 0.25) is 0 Å². The maximum absolute atomic E-state index is 13.0. The maximum Gasteiger partial charge on any atom is 0.416 e. The van der Waals surface area contributed by atoms with Crippen LogP contribution < -0.4 is 11.1 Å². The van der Waals surface area contributed by atoms with Crippen LogP contribution in [0.25, 0.3) is 11.1 Å². The van der Waals surface area contributed by atoms with Crippen LogP contribution in [0.4, 0.5) is 24.9 Å². The number of nitrogens with one attached hydrogen (secondary N) is 1. The van der Waals surface area contributed by atoms with Gasteiger partial charge in [-0.15, -0.1) is 0 Å². The van der Waals surface area contributed by atoms with Gasteiger partial charge in [0.1, 0.15) is 5.82 Å². The summed E-state index contributed by atoms with van der Waals surface area (Å²) in [5, 5.41) is 3.21. The average Bonchev–Trinajstić information content (AvgIpc) is 2.66. The lowest BCUT2D eigenvalue weighted by molar-refractivity contribution is -0.137. The maximum atomic E-state index is 13.0. The molecule has 0 atom stereocenters. The molecule has 1 aliphatic rings. The fourth-order valence-electron chi connectivity index (χ4n) is 3.30. The van der Waals surface area contributed by atoms with Crippen molar-refractivity contribution in [2.45, 2.75) is 31.9 Å². The Balaban J connectivity index is 1.70. The Labute approximate surface area is 156 Å². The second-order valence-electron chi connectivity index (χ2n) is 6.75. The zero-order valence-corrected chi connectivity index (χ0v) is 15.1. The highest BCUT2D eigenvalue weighted by atomic mass is 19.4. The first-order chi connectivity index (χ1) is 12.9. The molecule has 0 unspecified atom stereocenters. The van der Waals surface area contributed by atoms with E-state index in [1.54, 1.807) is 6.07 Å². The van der Waals surface area contributed by atoms with Gasteiger partial charge in [-0.05, 0) is 56.6 Å². The van der Waals surface area contributed by atoms with Crippen molar-refractivity contribution in [2.24, 2.45) is 0 Å². The molecule has 1 aliphatic heterocycles. The van der Waals surface area contributed by atoms with Gasteiger partial charge in [-0.3, -0.25) is 0 Å². The standard InChI is InChI=1S/C19H24F3N5/c20-19(21,22)15-7-4-6-14(12-15)16-13-25-18(23)26-17(16)24-8-5-11-27-9-2-1-3-10-27/h4,6-7,12-13H,1-3,5,8-11H2,(H3,23,24,25,26). The van der Waals surface area contributed by atoms with Crippen LogP contribution in [0.1, 0.15) is 31.2 Å². The van der Waals surface area contributed by atoms with Crippen LogP contribution >= 0.6 is 0 Å². The molecular weight excluding hydrogens is 355 g/mol. The van der Waals surface area contributed by atoms with Crippen molar-refractivity contribution in [1.29, 1.82) is 0 Å². The lowest BCUT2D eigenvalue weighted by atomic mass is 10.0. The molecule has 146 valence electrons. The Bertz CT molecular complexity index is 757. The Hall–Kier alpha value is -2.35. The van der Waals surface area contributed by atoms with E-state index in [1.165, 1.54) is 31.5 Å². The number of hydrogen-bond acceptors (Lipinski definition) is 5. The number of benzene rings is 1. The van der Waals surface area contributed by atoms with Gasteiger partial charge in [0.15, 0.2) is 0 Å². The van der Waals surface area contributed by atoms with Gasteiger partial charge in [-0.1, -0.05) is 18.6 Å². The summed E-state index contributed by atoms with van der Waals surface area (Å²) in [4.78, 5) is 10.6. The zero-order valence-electron chi connectivity index (χ0n) is 15.1. The van der Waals surface area contributed by atoms with Crippen LogP contribution in [-0.4, -0.2) is 41.0 Å². The topological polar surface area (TPSA) is 67.1 Å². The summed E-state index contributed by atoms with van der Waals surface area (Å²) in [7, 11) is 0. The molecule has 2 aromatic rings. The minimum atomic E-state index is -4.40. The highest BCUT2D eigenvalue weighted by Gasteiger charge is 2.30. The van der Waals surface area contributed by atoms with Crippen molar-refractivity contribution in [1.82, 2.24) is 14.9 Å². The fourth-order valence-corrected chi connectivity index (χ4v) is 3.30. The summed E-state index contributed by atoms with van der Waals surface area (Å²) in [6.45, 7) is 3.93. The number of nitrogens with zero attached hydrogens (tertiary/aromatic N) is 3. The van der Waals surface area contributed by atoms with Crippen molar-refractivity contribution in [2.75, 3.05) is 37.2 Å². The number of anilines is 2. The highest BCUT2D eigenvalue weighted by molar-refractivity contribution is 5.75. The number of likely N-dealkylation sites (tertiary alicyclic amines) is 1. The molecule has 3 N–H and O–H groups in total. The average molecular weight is 379 g/mol. The molecule has 0 amide bonds. The van der Waals surface area contributed by atoms with Crippen LogP contribution in [0.15, 0.2) is 30.5 Å². The van der Waals surface area contributed by atoms with E-state index < -0.39 is 11.7 Å². The molecule has 1 fully saturated rings. The van der Waals surface area contributed by atoms with Crippen molar-refractivity contribution in [3.8, 4) is 11.1 Å². The first-order valence-corrected chi connectivity index (χ1v) is 9.20. The summed E-state index contributed by atoms with van der Waals surface area (Å²) < 4.78 is 39.0. The van der Waals surface area contributed by atoms with Crippen LogP contribution in [0.5, 0.6) is 0 Å². The van der Waals surface area contributed by atoms with E-state index in [2.05, 4.69) is 20.2 Å². The van der Waals surface area contributed by atoms with Gasteiger partial charge in [0, 0.05) is 18.3 Å². The molecule has 0 radical (unpaired) electrons. The van der Waals surface area contributed by atoms with Crippen molar-refractivity contribution in [3.05, 3.63) is 36.0 Å². The van der Waals surface area contributed by atoms with Gasteiger partial charge in [0.2, 0.25) is 5.95 Å². The minimum Gasteiger partial charge on any atom is -0.369 e. The number of hydrogen-bond donors (Lipinski definition) is 2. The van der Waals surface area contributed by atoms with Gasteiger partial charge >= 0.3 is 6.18 Å². The Kier molecular flexibility index (Phi) is 6.15. The van der Waals surface area contributed by atoms with E-state index >= 15 is 0 Å². The molecule has 1 saturated heterocycles. The third-order valence-corrected chi connectivity index (χ3v) is 4.70. The first kappa shape index (κ1) is 19.4. The van der Waals surface area contributed by atoms with E-state index in [-0.39, 0.29) is 5.95 Å². The van der Waals surface area contributed by atoms with Crippen LogP contribution in [0, 0.1) is 0 Å². The van der Waals surface area contributed by atoms with Gasteiger partial charge in [0.05, 0.1) is 5.56 Å². The monoisotopic (exact) mass is 379 g/mol. The predicted molar refractivity (Wildman–Crippen MR) is 100 cm³/mol. The van der Waals surface area contributed by atoms with Gasteiger partial charge in [-0.2, -0.15) is 18.2 Å². The van der Waals surface area contributed by atoms with E-state index in [0.29, 0.717) is 23.5 Å². The summed E-state index contributed by atoms with van der Waals surface area (Å²) >= 11 is 0. The Morgan fingerprint density at radius 1 is 1.15 bits per heavy atom. The normalized spacial score (nSPS) is 15.7. The van der Waals surface area contributed by atoms with Crippen LogP contribution in [0.3, 0.4) is 0 Å². The fraction of sp³-hybridized carbons (Fsp3) is 0.474. The predicted octanol–water partition coefficient (Wildman–Crippen LogP) is 4.03. The third-order valence-electron chi connectivity index (χ3n) is 4.70.